The van der Waals surface area contributed by atoms with Gasteiger partial charge in [0, 0.05) is 27.5 Å². The van der Waals surface area contributed by atoms with Crippen molar-refractivity contribution in [3.05, 3.63) is 69.5 Å². The molecule has 0 saturated carbocycles. The Morgan fingerprint density at radius 1 is 1.39 bits per heavy atom. The van der Waals surface area contributed by atoms with Crippen molar-refractivity contribution in [1.29, 1.82) is 0 Å². The van der Waals surface area contributed by atoms with Gasteiger partial charge in [0.2, 0.25) is 5.91 Å². The highest BCUT2D eigenvalue weighted by Gasteiger charge is 2.54. The smallest absolute Gasteiger partial charge is 0.352 e. The van der Waals surface area contributed by atoms with E-state index in [1.807, 2.05) is 6.92 Å². The summed E-state index contributed by atoms with van der Waals surface area (Å²) in [4.78, 5) is 52.6. The molecule has 4 amide bonds. The largest absolute Gasteiger partial charge is 0.593 e. The molecular weight excluding hydrogens is 552 g/mol. The van der Waals surface area contributed by atoms with E-state index in [1.165, 1.54) is 34.2 Å². The van der Waals surface area contributed by atoms with Gasteiger partial charge >= 0.3 is 12.0 Å². The number of carbonyl (C=O) groups is 4. The van der Waals surface area contributed by atoms with Crippen LogP contribution in [0.1, 0.15) is 23.5 Å². The number of nitrogens with one attached hydrogen (secondary N) is 3. The summed E-state index contributed by atoms with van der Waals surface area (Å²) in [6.45, 7) is 5.30. The van der Waals surface area contributed by atoms with Gasteiger partial charge in [-0.15, -0.1) is 23.1 Å². The van der Waals surface area contributed by atoms with E-state index >= 15 is 0 Å². The number of nitrogens with zero attached hydrogens (tertiary/aromatic N) is 3. The number of amides is 4. The fraction of sp³-hybridized carbons (Fsp3) is 0.304. The molecule has 200 valence electrons. The minimum atomic E-state index is -1.27. The highest BCUT2D eigenvalue weighted by atomic mass is 32.2. The first-order chi connectivity index (χ1) is 18.2. The van der Waals surface area contributed by atoms with Crippen LogP contribution in [0.5, 0.6) is 0 Å². The summed E-state index contributed by atoms with van der Waals surface area (Å²) in [5.41, 5.74) is 0.981. The van der Waals surface area contributed by atoms with E-state index in [2.05, 4.69) is 27.6 Å². The van der Waals surface area contributed by atoms with Crippen LogP contribution in [-0.4, -0.2) is 61.8 Å². The lowest BCUT2D eigenvalue weighted by Gasteiger charge is -2.49. The summed E-state index contributed by atoms with van der Waals surface area (Å²) in [6, 6.07) is 4.12. The lowest BCUT2D eigenvalue weighted by Crippen LogP contribution is -2.71. The Bertz CT molecular complexity index is 1300. The van der Waals surface area contributed by atoms with Crippen LogP contribution < -0.4 is 20.8 Å². The van der Waals surface area contributed by atoms with Gasteiger partial charge in [-0.3, -0.25) is 14.5 Å². The van der Waals surface area contributed by atoms with Crippen molar-refractivity contribution in [3.8, 4) is 0 Å². The van der Waals surface area contributed by atoms with E-state index in [9.17, 15) is 29.5 Å². The number of thioether (sulfide) groups is 2. The number of aromatic nitrogens is 2. The van der Waals surface area contributed by atoms with Gasteiger partial charge in [0.1, 0.15) is 28.8 Å². The number of carbonyl (C=O) groups excluding carboxylic acids is 3. The zero-order valence-electron chi connectivity index (χ0n) is 20.1. The highest BCUT2D eigenvalue weighted by molar-refractivity contribution is 8.01. The predicted molar refractivity (Wildman–Crippen MR) is 142 cm³/mol. The molecule has 0 spiro atoms. The Balaban J connectivity index is 1.47. The SMILES string of the molecule is C=CNC(=O)NC(C(=O)N[C@H]1C(=O)N2C(C(=O)O)=C(CSc3ccc(CC)n[n+]3[O-])CSC12)c1cccs1. The molecule has 4 rings (SSSR count). The second-order valence-corrected chi connectivity index (χ2v) is 11.2. The third kappa shape index (κ3) is 5.63. The van der Waals surface area contributed by atoms with Crippen LogP contribution in [0.25, 0.3) is 0 Å². The lowest BCUT2D eigenvalue weighted by molar-refractivity contribution is -0.707. The molecule has 2 aliphatic heterocycles. The van der Waals surface area contributed by atoms with Crippen molar-refractivity contribution in [3.63, 3.8) is 0 Å². The Morgan fingerprint density at radius 2 is 2.18 bits per heavy atom. The van der Waals surface area contributed by atoms with Gasteiger partial charge in [-0.25, -0.2) is 9.59 Å². The quantitative estimate of drug-likeness (QED) is 0.141. The standard InChI is InChI=1S/C23H24N6O6S3/c1-3-13-7-8-15(29(35)27-13)37-10-12-11-38-21-17(20(31)28(21)18(12)22(32)33)25-19(30)16(14-6-5-9-36-14)26-23(34)24-4-2/h4-9,16-17,21H,2-3,10-11H2,1H3,(H,25,30)(H,32,33)(H2,24,26,34)/t16?,17-,21?/m0/s1. The number of carboxylic acids is 1. The van der Waals surface area contributed by atoms with E-state index in [1.54, 1.807) is 29.6 Å². The molecule has 0 aliphatic carbocycles. The molecule has 3 atom stereocenters. The minimum Gasteiger partial charge on any atom is -0.593 e. The van der Waals surface area contributed by atoms with Gasteiger partial charge in [-0.2, -0.15) is 0 Å². The predicted octanol–water partition coefficient (Wildman–Crippen LogP) is 1.35. The molecule has 12 nitrogen and oxygen atoms in total. The third-order valence-electron chi connectivity index (χ3n) is 5.73. The van der Waals surface area contributed by atoms with Crippen LogP contribution in [-0.2, 0) is 20.8 Å². The van der Waals surface area contributed by atoms with Crippen molar-refractivity contribution < 1.29 is 29.1 Å². The summed E-state index contributed by atoms with van der Waals surface area (Å²) in [6.07, 6.45) is 1.79. The monoisotopic (exact) mass is 576 g/mol. The summed E-state index contributed by atoms with van der Waals surface area (Å²) >= 11 is 3.72. The van der Waals surface area contributed by atoms with Crippen molar-refractivity contribution in [2.45, 2.75) is 35.8 Å². The average Bonchev–Trinajstić information content (AvgIpc) is 3.43. The molecule has 38 heavy (non-hydrogen) atoms. The summed E-state index contributed by atoms with van der Waals surface area (Å²) in [5.74, 6) is -1.96. The summed E-state index contributed by atoms with van der Waals surface area (Å²) in [5, 5.41) is 35.0. The van der Waals surface area contributed by atoms with E-state index in [-0.39, 0.29) is 11.4 Å². The van der Waals surface area contributed by atoms with Crippen LogP contribution in [0.4, 0.5) is 4.79 Å². The molecule has 2 aromatic heterocycles. The van der Waals surface area contributed by atoms with E-state index < -0.39 is 41.3 Å². The first-order valence-corrected chi connectivity index (χ1v) is 14.3. The van der Waals surface area contributed by atoms with E-state index in [0.717, 1.165) is 11.8 Å². The molecule has 0 aromatic carbocycles. The molecule has 2 unspecified atom stereocenters. The fourth-order valence-electron chi connectivity index (χ4n) is 3.90. The molecule has 0 radical (unpaired) electrons. The molecule has 2 aromatic rings. The van der Waals surface area contributed by atoms with Gasteiger partial charge in [0.15, 0.2) is 0 Å². The van der Waals surface area contributed by atoms with Gasteiger partial charge in [-0.1, -0.05) is 19.6 Å². The van der Waals surface area contributed by atoms with Gasteiger partial charge in [0.25, 0.3) is 10.9 Å². The Labute approximate surface area is 230 Å². The molecule has 4 N–H and O–H groups in total. The van der Waals surface area contributed by atoms with Crippen LogP contribution in [0.3, 0.4) is 0 Å². The number of aliphatic carboxylic acids is 1. The number of rotatable bonds is 10. The topological polar surface area (TPSA) is 168 Å². The van der Waals surface area contributed by atoms with Gasteiger partial charge in [-0.05, 0) is 52.3 Å². The normalized spacial score (nSPS) is 19.2. The Kier molecular flexibility index (Phi) is 8.58. The first kappa shape index (κ1) is 27.5. The summed E-state index contributed by atoms with van der Waals surface area (Å²) in [7, 11) is 0. The van der Waals surface area contributed by atoms with Crippen molar-refractivity contribution in [1.82, 2.24) is 25.9 Å². The van der Waals surface area contributed by atoms with Gasteiger partial charge in [0.05, 0.1) is 0 Å². The number of hydrogen-bond donors (Lipinski definition) is 4. The zero-order valence-corrected chi connectivity index (χ0v) is 22.5. The average molecular weight is 577 g/mol. The minimum absolute atomic E-state index is 0.148. The molecular formula is C23H24N6O6S3. The van der Waals surface area contributed by atoms with Crippen LogP contribution >= 0.6 is 34.9 Å². The Hall–Kier alpha value is -3.56. The fourth-order valence-corrected chi connectivity index (χ4v) is 7.03. The van der Waals surface area contributed by atoms with E-state index in [0.29, 0.717) is 38.2 Å². The van der Waals surface area contributed by atoms with Crippen LogP contribution in [0, 0.1) is 5.21 Å². The number of carboxylic acid groups (broad SMARTS) is 1. The molecule has 15 heteroatoms. The maximum absolute atomic E-state index is 13.1. The maximum Gasteiger partial charge on any atom is 0.352 e. The molecule has 1 fully saturated rings. The number of aryl methyl sites for hydroxylation is 1. The Morgan fingerprint density at radius 3 is 2.82 bits per heavy atom. The van der Waals surface area contributed by atoms with Gasteiger partial charge < -0.3 is 26.3 Å². The lowest BCUT2D eigenvalue weighted by atomic mass is 10.0. The highest BCUT2D eigenvalue weighted by Crippen LogP contribution is 2.41. The number of hydrogen-bond acceptors (Lipinski definition) is 9. The number of thiophene rings is 1. The number of fused-ring (bicyclic) bond motifs is 1. The van der Waals surface area contributed by atoms with Crippen molar-refractivity contribution in [2.24, 2.45) is 0 Å². The van der Waals surface area contributed by atoms with Crippen molar-refractivity contribution in [2.75, 3.05) is 11.5 Å². The molecule has 2 aliphatic rings. The second kappa shape index (κ2) is 11.9. The maximum atomic E-state index is 13.1. The van der Waals surface area contributed by atoms with Crippen LogP contribution in [0.2, 0.25) is 0 Å². The van der Waals surface area contributed by atoms with Crippen molar-refractivity contribution >= 4 is 58.7 Å². The zero-order chi connectivity index (χ0) is 27.4. The summed E-state index contributed by atoms with van der Waals surface area (Å²) < 4.78 is 0. The molecule has 0 bridgehead atoms. The third-order valence-corrected chi connectivity index (χ3v) is 9.09. The van der Waals surface area contributed by atoms with Crippen LogP contribution in [0.15, 0.2) is 58.7 Å². The van der Waals surface area contributed by atoms with E-state index in [4.69, 9.17) is 0 Å². The molecule has 4 heterocycles. The number of β-lactam (4-membered cyclic amide) rings is 1. The first-order valence-electron chi connectivity index (χ1n) is 11.4. The number of urea groups is 1. The second-order valence-electron chi connectivity index (χ2n) is 8.10. The molecule has 1 saturated heterocycles.